The fourth-order valence-electron chi connectivity index (χ4n) is 0. The molecule has 0 amide bonds. The van der Waals surface area contributed by atoms with E-state index < -0.39 is 17.9 Å². The van der Waals surface area contributed by atoms with Gasteiger partial charge in [-0.3, -0.25) is 14.4 Å². The van der Waals surface area contributed by atoms with E-state index in [0.29, 0.717) is 0 Å². The molecule has 6 nitrogen and oxygen atoms in total. The van der Waals surface area contributed by atoms with Crippen LogP contribution in [0.1, 0.15) is 20.8 Å². The van der Waals surface area contributed by atoms with Gasteiger partial charge in [-0.1, -0.05) is 0 Å². The Hall–Kier alpha value is -0.791. The molecular formula is C7H16O6Sn. The first-order valence-electron chi connectivity index (χ1n) is 3.36. The van der Waals surface area contributed by atoms with Crippen LogP contribution in [0.2, 0.25) is 4.94 Å². The van der Waals surface area contributed by atoms with Crippen LogP contribution in [0.4, 0.5) is 0 Å². The van der Waals surface area contributed by atoms with Crippen LogP contribution in [0.5, 0.6) is 0 Å². The summed E-state index contributed by atoms with van der Waals surface area (Å²) < 4.78 is 0. The maximum atomic E-state index is 9.00. The van der Waals surface area contributed by atoms with Crippen LogP contribution < -0.4 is 0 Å². The van der Waals surface area contributed by atoms with Crippen LogP contribution in [-0.4, -0.2) is 55.8 Å². The SMILES string of the molecule is CC(=O)O.CC(=O)O.CC(=O)O.[CH3][SnH]. The van der Waals surface area contributed by atoms with Crippen LogP contribution in [0.25, 0.3) is 0 Å². The van der Waals surface area contributed by atoms with E-state index in [0.717, 1.165) is 20.8 Å². The Kier molecular flexibility index (Phi) is 37.7. The molecule has 0 atom stereocenters. The molecule has 0 fully saturated rings. The Balaban J connectivity index is -0.0000000492. The van der Waals surface area contributed by atoms with Crippen molar-refractivity contribution < 1.29 is 29.7 Å². The van der Waals surface area contributed by atoms with E-state index in [1.165, 1.54) is 22.5 Å². The first-order chi connectivity index (χ1) is 6.20. The van der Waals surface area contributed by atoms with Crippen LogP contribution in [0.3, 0.4) is 0 Å². The standard InChI is InChI=1S/3C2H4O2.CH3.Sn.H/c3*1-2(3)4;;;/h3*1H3,(H,3,4);1H3;;. The van der Waals surface area contributed by atoms with Gasteiger partial charge in [-0.15, -0.1) is 0 Å². The Morgan fingerprint density at radius 3 is 0.714 bits per heavy atom. The van der Waals surface area contributed by atoms with Crippen molar-refractivity contribution >= 4 is 40.4 Å². The molecule has 0 aromatic heterocycles. The Labute approximate surface area is 96.0 Å². The van der Waals surface area contributed by atoms with E-state index in [-0.39, 0.29) is 0 Å². The normalized spacial score (nSPS) is 5.79. The zero-order chi connectivity index (χ0) is 12.7. The van der Waals surface area contributed by atoms with E-state index in [2.05, 4.69) is 4.94 Å². The van der Waals surface area contributed by atoms with Gasteiger partial charge in [0.05, 0.1) is 0 Å². The second-order valence-corrected chi connectivity index (χ2v) is 1.56. The van der Waals surface area contributed by atoms with Crippen molar-refractivity contribution in [2.24, 2.45) is 0 Å². The maximum absolute atomic E-state index is 9.00. The third kappa shape index (κ3) is 1870. The minimum absolute atomic E-state index is 0.833. The van der Waals surface area contributed by atoms with Gasteiger partial charge in [0.25, 0.3) is 17.9 Å². The molecule has 7 heteroatoms. The molecule has 0 saturated carbocycles. The van der Waals surface area contributed by atoms with Crippen molar-refractivity contribution in [3.63, 3.8) is 0 Å². The summed E-state index contributed by atoms with van der Waals surface area (Å²) in [5, 5.41) is 22.2. The minimum atomic E-state index is -0.833. The van der Waals surface area contributed by atoms with Gasteiger partial charge in [-0.25, -0.2) is 0 Å². The van der Waals surface area contributed by atoms with Gasteiger partial charge in [-0.2, -0.15) is 0 Å². The Morgan fingerprint density at radius 2 is 0.714 bits per heavy atom. The van der Waals surface area contributed by atoms with Crippen molar-refractivity contribution in [1.29, 1.82) is 0 Å². The summed E-state index contributed by atoms with van der Waals surface area (Å²) in [6, 6.07) is 0. The van der Waals surface area contributed by atoms with Crippen molar-refractivity contribution in [2.45, 2.75) is 25.7 Å². The van der Waals surface area contributed by atoms with Crippen LogP contribution in [0.15, 0.2) is 0 Å². The molecule has 0 rings (SSSR count). The first kappa shape index (κ1) is 23.2. The number of hydrogen-bond acceptors (Lipinski definition) is 3. The fraction of sp³-hybridized carbons (Fsp3) is 0.571. The summed E-state index contributed by atoms with van der Waals surface area (Å²) in [6.45, 7) is 3.25. The topological polar surface area (TPSA) is 112 Å². The average molecular weight is 315 g/mol. The quantitative estimate of drug-likeness (QED) is 0.551. The fourth-order valence-corrected chi connectivity index (χ4v) is 0. The molecule has 0 aromatic carbocycles. The number of hydrogen-bond donors (Lipinski definition) is 3. The predicted octanol–water partition coefficient (Wildman–Crippen LogP) is 0.208. The molecule has 14 heavy (non-hydrogen) atoms. The van der Waals surface area contributed by atoms with Gasteiger partial charge in [-0.05, 0) is 0 Å². The molecule has 0 aliphatic rings. The molecule has 2 radical (unpaired) electrons. The predicted molar refractivity (Wildman–Crippen MR) is 52.9 cm³/mol. The Morgan fingerprint density at radius 1 is 0.714 bits per heavy atom. The molecule has 0 unspecified atom stereocenters. The molecular weight excluding hydrogens is 299 g/mol. The molecule has 0 aromatic rings. The zero-order valence-electron chi connectivity index (χ0n) is 8.64. The van der Waals surface area contributed by atoms with E-state index in [9.17, 15) is 0 Å². The van der Waals surface area contributed by atoms with E-state index >= 15 is 0 Å². The van der Waals surface area contributed by atoms with Crippen molar-refractivity contribution in [1.82, 2.24) is 0 Å². The number of carboxylic acids is 3. The number of aliphatic carboxylic acids is 3. The van der Waals surface area contributed by atoms with Gasteiger partial charge >= 0.3 is 27.5 Å². The third-order valence-corrected chi connectivity index (χ3v) is 0. The van der Waals surface area contributed by atoms with Gasteiger partial charge in [0.2, 0.25) is 0 Å². The van der Waals surface area contributed by atoms with Gasteiger partial charge in [0.15, 0.2) is 0 Å². The van der Waals surface area contributed by atoms with Gasteiger partial charge in [0, 0.05) is 20.8 Å². The summed E-state index contributed by atoms with van der Waals surface area (Å²) in [4.78, 5) is 29.1. The third-order valence-electron chi connectivity index (χ3n) is 0. The number of carbonyl (C=O) groups is 3. The molecule has 0 saturated heterocycles. The van der Waals surface area contributed by atoms with Crippen molar-refractivity contribution in [3.05, 3.63) is 0 Å². The second-order valence-electron chi connectivity index (χ2n) is 1.56. The summed E-state index contributed by atoms with van der Waals surface area (Å²) in [6.07, 6.45) is 0. The monoisotopic (exact) mass is 316 g/mol. The van der Waals surface area contributed by atoms with Crippen LogP contribution in [0, 0.1) is 0 Å². The average Bonchev–Trinajstić information content (AvgIpc) is 1.86. The number of rotatable bonds is 0. The second kappa shape index (κ2) is 22.8. The molecule has 0 spiro atoms. The van der Waals surface area contributed by atoms with Gasteiger partial charge in [0.1, 0.15) is 0 Å². The summed E-state index contributed by atoms with van der Waals surface area (Å²) in [7, 11) is 0. The van der Waals surface area contributed by atoms with Crippen LogP contribution >= 0.6 is 0 Å². The molecule has 0 aliphatic heterocycles. The molecule has 84 valence electrons. The summed E-state index contributed by atoms with van der Waals surface area (Å²) in [5.41, 5.74) is 0. The van der Waals surface area contributed by atoms with Gasteiger partial charge < -0.3 is 15.3 Å². The zero-order valence-corrected chi connectivity index (χ0v) is 11.9. The molecule has 3 N–H and O–H groups in total. The molecule has 0 heterocycles. The van der Waals surface area contributed by atoms with E-state index in [1.54, 1.807) is 0 Å². The first-order valence-corrected chi connectivity index (χ1v) is 6.66. The molecule has 0 bridgehead atoms. The van der Waals surface area contributed by atoms with Crippen molar-refractivity contribution in [2.75, 3.05) is 0 Å². The summed E-state index contributed by atoms with van der Waals surface area (Å²) in [5.74, 6) is -2.50. The number of carboxylic acid groups (broad SMARTS) is 3. The van der Waals surface area contributed by atoms with E-state index in [1.807, 2.05) is 0 Å². The van der Waals surface area contributed by atoms with E-state index in [4.69, 9.17) is 29.7 Å². The molecule has 0 aliphatic carbocycles. The van der Waals surface area contributed by atoms with Crippen molar-refractivity contribution in [3.8, 4) is 0 Å². The van der Waals surface area contributed by atoms with Crippen LogP contribution in [-0.2, 0) is 14.4 Å². The Bertz CT molecular complexity index is 116. The summed E-state index contributed by atoms with van der Waals surface area (Å²) >= 11 is 1.35.